The average Bonchev–Trinajstić information content (AvgIpc) is 1.75. The predicted molar refractivity (Wildman–Crippen MR) is 539 cm³/mol. The van der Waals surface area contributed by atoms with Crippen LogP contribution in [0.5, 0.6) is 17.2 Å². The molecular weight excluding hydrogens is 2110 g/mol. The Labute approximate surface area is 853 Å². The van der Waals surface area contributed by atoms with Gasteiger partial charge in [-0.1, -0.05) is 140 Å². The molecule has 0 saturated heterocycles. The third kappa shape index (κ3) is 33.1. The van der Waals surface area contributed by atoms with Crippen molar-refractivity contribution in [1.82, 2.24) is 46.3 Å². The van der Waals surface area contributed by atoms with Gasteiger partial charge in [-0.15, -0.1) is 0 Å². The lowest BCUT2D eigenvalue weighted by Crippen LogP contribution is -2.26. The Kier molecular flexibility index (Phi) is 40.6. The van der Waals surface area contributed by atoms with Gasteiger partial charge in [-0.2, -0.15) is 65.6 Å². The lowest BCUT2D eigenvalue weighted by Gasteiger charge is -2.20. The fourth-order valence-corrected chi connectivity index (χ4v) is 20.1. The normalized spacial score (nSPS) is 12.9. The van der Waals surface area contributed by atoms with Crippen LogP contribution < -0.4 is 24.7 Å². The van der Waals surface area contributed by atoms with Gasteiger partial charge in [0.25, 0.3) is 0 Å². The number of halogens is 15. The van der Waals surface area contributed by atoms with Crippen molar-refractivity contribution < 1.29 is 105 Å². The van der Waals surface area contributed by atoms with Crippen LogP contribution >= 0.6 is 31.9 Å². The minimum absolute atomic E-state index is 0.0387. The first-order valence-corrected chi connectivity index (χ1v) is 51.8. The third-order valence-corrected chi connectivity index (χ3v) is 31.2. The lowest BCUT2D eigenvalue weighted by molar-refractivity contribution is -0.138. The lowest BCUT2D eigenvalue weighted by atomic mass is 9.90. The molecule has 3 aromatic heterocycles. The highest BCUT2D eigenvalue weighted by Gasteiger charge is 2.35. The largest absolute Gasteiger partial charge is 0.497 e. The van der Waals surface area contributed by atoms with E-state index in [1.54, 1.807) is 166 Å². The molecule has 14 aromatic rings. The first-order valence-electron chi connectivity index (χ1n) is 44.4. The molecule has 145 heavy (non-hydrogen) atoms. The Morgan fingerprint density at radius 1 is 0.372 bits per heavy atom. The van der Waals surface area contributed by atoms with Crippen molar-refractivity contribution in [2.45, 2.75) is 142 Å². The van der Waals surface area contributed by atoms with Gasteiger partial charge in [0.2, 0.25) is 40.1 Å². The highest BCUT2D eigenvalue weighted by Crippen LogP contribution is 2.40. The van der Waals surface area contributed by atoms with Gasteiger partial charge in [0.15, 0.2) is 0 Å². The monoisotopic (exact) mass is 2220 g/mol. The Morgan fingerprint density at radius 2 is 0.648 bits per heavy atom. The minimum Gasteiger partial charge on any atom is -0.497 e. The Bertz CT molecular complexity index is 7100. The Hall–Kier alpha value is -11.9. The Morgan fingerprint density at radius 3 is 0.910 bits per heavy atom. The molecule has 776 valence electrons. The topological polar surface area (TPSA) is 265 Å². The fourth-order valence-electron chi connectivity index (χ4n) is 14.6. The molecule has 11 aromatic carbocycles. The van der Waals surface area contributed by atoms with Crippen LogP contribution in [0.15, 0.2) is 309 Å². The molecule has 0 aliphatic heterocycles. The second-order valence-electron chi connectivity index (χ2n) is 34.1. The number of hydrogen-bond donors (Lipinski definition) is 2. The molecule has 22 nitrogen and oxygen atoms in total. The summed E-state index contributed by atoms with van der Waals surface area (Å²) in [5, 5.41) is 0. The van der Waals surface area contributed by atoms with Gasteiger partial charge in [-0.05, 0) is 269 Å². The van der Waals surface area contributed by atoms with Crippen molar-refractivity contribution in [2.75, 3.05) is 49.5 Å². The average molecular weight is 2230 g/mol. The molecular formula is C104H110Br2F13N11O11S4. The number of imidazole rings is 3. The second kappa shape index (κ2) is 50.5. The number of benzene rings is 11. The summed E-state index contributed by atoms with van der Waals surface area (Å²) in [6.45, 7) is 10.1. The molecule has 0 aliphatic carbocycles. The van der Waals surface area contributed by atoms with Crippen LogP contribution in [0.25, 0.3) is 22.5 Å². The minimum atomic E-state index is -4.39. The number of aromatic nitrogens is 6. The van der Waals surface area contributed by atoms with Gasteiger partial charge in [0, 0.05) is 102 Å². The van der Waals surface area contributed by atoms with Crippen LogP contribution in [0.1, 0.15) is 135 Å². The van der Waals surface area contributed by atoms with Gasteiger partial charge in [0.1, 0.15) is 23.1 Å². The summed E-state index contributed by atoms with van der Waals surface area (Å²) in [6, 6.07) is 59.8. The smallest absolute Gasteiger partial charge is 0.416 e. The van der Waals surface area contributed by atoms with Crippen LogP contribution in [0.2, 0.25) is 0 Å². The van der Waals surface area contributed by atoms with E-state index in [0.29, 0.717) is 69.1 Å². The Balaban J connectivity index is 0.000000204. The zero-order valence-corrected chi connectivity index (χ0v) is 87.9. The van der Waals surface area contributed by atoms with Crippen LogP contribution in [0.3, 0.4) is 0 Å². The number of nitrogens with zero attached hydrogens (tertiary/aromatic N) is 9. The number of hydrogen-bond acceptors (Lipinski definition) is 15. The van der Waals surface area contributed by atoms with Crippen LogP contribution in [-0.4, -0.2) is 125 Å². The zero-order valence-electron chi connectivity index (χ0n) is 81.5. The van der Waals surface area contributed by atoms with Crippen LogP contribution in [-0.2, 0) is 125 Å². The first kappa shape index (κ1) is 117. The summed E-state index contributed by atoms with van der Waals surface area (Å²) in [5.41, 5.74) is 14.5. The van der Waals surface area contributed by atoms with Crippen LogP contribution in [0.4, 0.5) is 57.1 Å². The molecule has 14 rings (SSSR count). The number of ether oxygens (including phenoxy) is 3. The van der Waals surface area contributed by atoms with Crippen molar-refractivity contribution in [3.05, 3.63) is 379 Å². The van der Waals surface area contributed by atoms with E-state index in [2.05, 4.69) is 51.5 Å². The van der Waals surface area contributed by atoms with E-state index in [4.69, 9.17) is 19.9 Å². The van der Waals surface area contributed by atoms with Gasteiger partial charge in [-0.25, -0.2) is 57.7 Å². The van der Waals surface area contributed by atoms with Gasteiger partial charge in [0.05, 0.1) is 104 Å². The summed E-state index contributed by atoms with van der Waals surface area (Å²) in [4.78, 5) is 13.2. The van der Waals surface area contributed by atoms with Crippen LogP contribution in [0, 0.1) is 12.7 Å². The van der Waals surface area contributed by atoms with Crippen molar-refractivity contribution >= 4 is 72.0 Å². The molecule has 0 bridgehead atoms. The van der Waals surface area contributed by atoms with E-state index < -0.39 is 92.9 Å². The van der Waals surface area contributed by atoms with Gasteiger partial charge < -0.3 is 33.6 Å². The molecule has 0 amide bonds. The maximum Gasteiger partial charge on any atom is 0.416 e. The summed E-state index contributed by atoms with van der Waals surface area (Å²) in [6.07, 6.45) is -5.26. The number of methoxy groups -OCH3 is 3. The maximum absolute atomic E-state index is 13.5. The summed E-state index contributed by atoms with van der Waals surface area (Å²) in [5.74, 6) is 1.33. The predicted octanol–water partition coefficient (Wildman–Crippen LogP) is 24.2. The molecule has 4 atom stereocenters. The molecule has 0 fully saturated rings. The third-order valence-electron chi connectivity index (χ3n) is 23.0. The molecule has 3 N–H and O–H groups in total. The molecule has 41 heteroatoms. The molecule has 0 unspecified atom stereocenters. The SMILES string of the molecule is CNS(=O)(=O)c1ccc(C[C@H](C)c2ccc(C(F)(F)F)cc2)c(-c2cn(C)cn2)c1.COc1ccc(CN(C)S(=O)(=O)c2ccc(C[C@H](C)c3ccc(C(F)(F)F)cc3)c(-c3cn(C)cn3)c2)cc1.COc1ccc(CN(C)S(=O)(=O)c2ccc(C[C@H](C)c3ccc(C(F)(F)F)cc3)c(Br)c2)cc1.COc1ccc(CN(C)S(=O)(=O)c2ccc(F)c(Br)c2)cc1.C[C@@H](N)c1ccc(C(F)(F)F)cc1.Cc1cn(C)cn1. The summed E-state index contributed by atoms with van der Waals surface area (Å²) < 4.78 is 296. The quantitative estimate of drug-likeness (QED) is 0.0413. The van der Waals surface area contributed by atoms with E-state index >= 15 is 0 Å². The first-order chi connectivity index (χ1) is 67.8. The van der Waals surface area contributed by atoms with Crippen molar-refractivity contribution in [2.24, 2.45) is 26.9 Å². The second-order valence-corrected chi connectivity index (χ2v) is 43.8. The fraction of sp³-hybridized carbons (Fsp3) is 0.279. The molecule has 0 radical (unpaired) electrons. The summed E-state index contributed by atoms with van der Waals surface area (Å²) in [7, 11) is 1.30. The zero-order chi connectivity index (χ0) is 107. The number of aryl methyl sites for hydroxylation is 4. The van der Waals surface area contributed by atoms with Crippen molar-refractivity contribution in [3.63, 3.8) is 0 Å². The molecule has 0 aliphatic rings. The number of alkyl halides is 12. The van der Waals surface area contributed by atoms with E-state index in [0.717, 1.165) is 110 Å². The molecule has 3 heterocycles. The van der Waals surface area contributed by atoms with E-state index in [1.165, 1.54) is 108 Å². The highest BCUT2D eigenvalue weighted by atomic mass is 79.9. The highest BCUT2D eigenvalue weighted by molar-refractivity contribution is 9.10. The van der Waals surface area contributed by atoms with E-state index in [9.17, 15) is 90.7 Å². The van der Waals surface area contributed by atoms with E-state index in [1.807, 2.05) is 83.9 Å². The van der Waals surface area contributed by atoms with Gasteiger partial charge >= 0.3 is 24.7 Å². The number of rotatable bonds is 29. The van der Waals surface area contributed by atoms with Gasteiger partial charge in [-0.3, -0.25) is 0 Å². The van der Waals surface area contributed by atoms with Crippen molar-refractivity contribution in [1.29, 1.82) is 0 Å². The summed E-state index contributed by atoms with van der Waals surface area (Å²) >= 11 is 6.46. The van der Waals surface area contributed by atoms with E-state index in [-0.39, 0.29) is 67.5 Å². The number of nitrogens with two attached hydrogens (primary N) is 1. The number of sulfonamides is 4. The standard InChI is InChI=1S/C29H30F3N3O3S.C25H25BrF3NO3S.C21H22F3N3O2S.C15H15BrFNO3S.C9H10F3N.C5H8N2/c1-20(22-7-10-24(11-8-22)29(30,31)32)15-23-9-14-26(16-27(23)28-18-34(2)19-33-28)39(36,37)35(3)17-21-5-12-25(38-4)13-6-21;1-17(19-6-9-21(10-7-19)25(27,28)29)14-20-8-13-23(15-24(20)26)34(31,32)30(2)16-18-4-11-22(33-3)12-5-18;1-14(15-4-7-17(8-5-15)21(22,23)24)10-16-6-9-18(30(28,29)25-2)11-19(16)20-12-27(3)13-26-20;1-18(10-11-3-5-12(21-2)6-4-11)22(19,20)13-7-8-15(17)14(16)9-13;1-6(13)7-2-4-8(5-3-7)9(10,11)12;1-5-3-7(2)4-6-5/h5-14,16,18-20H,15,17H2,1-4H3;4-13,15,17H,14,16H2,1-3H3;4-9,11-14,25H,10H2,1-3H3;3-9H,10H2,1-2H3;2-6H,13H2,1H3;3-4H,1-2H3/t20-;17-;14-;;6-;/m000.1./s1. The number of nitrogens with one attached hydrogen (secondary N) is 1. The van der Waals surface area contributed by atoms with Crippen molar-refractivity contribution in [3.8, 4) is 39.8 Å². The molecule has 0 spiro atoms. The maximum atomic E-state index is 13.5. The molecule has 0 saturated carbocycles.